The van der Waals surface area contributed by atoms with Gasteiger partial charge in [-0.3, -0.25) is 4.79 Å². The molecule has 64 heavy (non-hydrogen) atoms. The first-order valence-electron chi connectivity index (χ1n) is 20.2. The molecule has 8 aromatic carbocycles. The molecule has 0 amide bonds. The number of rotatable bonds is 12. The van der Waals surface area contributed by atoms with Crippen molar-refractivity contribution in [3.63, 3.8) is 0 Å². The van der Waals surface area contributed by atoms with Gasteiger partial charge in [0, 0.05) is 74.3 Å². The predicted octanol–water partition coefficient (Wildman–Crippen LogP) is 17.5. The van der Waals surface area contributed by atoms with E-state index in [1.165, 1.54) is 41.5 Å². The van der Waals surface area contributed by atoms with Gasteiger partial charge < -0.3 is 15.5 Å². The molecule has 0 atom stereocenters. The quantitative estimate of drug-likeness (QED) is 0.0733. The number of nitrogens with two attached hydrogens (primary N) is 1. The Bertz CT molecular complexity index is 2440. The van der Waals surface area contributed by atoms with E-state index in [0.29, 0.717) is 5.56 Å². The molecule has 0 radical (unpaired) electrons. The second-order valence-corrected chi connectivity index (χ2v) is 18.9. The second-order valence-electron chi connectivity index (χ2n) is 13.6. The van der Waals surface area contributed by atoms with E-state index in [1.54, 1.807) is 58.8 Å². The lowest BCUT2D eigenvalue weighted by molar-refractivity contribution is 0.112. The van der Waals surface area contributed by atoms with Gasteiger partial charge in [-0.1, -0.05) is 52.3 Å². The molecule has 0 saturated carbocycles. The van der Waals surface area contributed by atoms with E-state index in [2.05, 4.69) is 197 Å². The van der Waals surface area contributed by atoms with E-state index < -0.39 is 0 Å². The van der Waals surface area contributed by atoms with Gasteiger partial charge in [0.05, 0.1) is 0 Å². The maximum Gasteiger partial charge on any atom is 0.150 e. The average molecular weight is 999 g/mol. The number of aldehydes is 1. The molecule has 0 bridgehead atoms. The maximum absolute atomic E-state index is 11.0. The number of nitrogens with zero attached hydrogens (tertiary/aromatic N) is 2. The van der Waals surface area contributed by atoms with Crippen LogP contribution in [-0.2, 0) is 0 Å². The first-order valence-corrected chi connectivity index (χ1v) is 27.1. The summed E-state index contributed by atoms with van der Waals surface area (Å²) in [4.78, 5) is 21.8. The predicted molar refractivity (Wildman–Crippen MR) is 292 cm³/mol. The zero-order valence-corrected chi connectivity index (χ0v) is 42.2. The number of anilines is 7. The zero-order valence-electron chi connectivity index (χ0n) is 36.5. The molecule has 0 heterocycles. The number of hydrogen-bond donors (Lipinski definition) is 1. The molecule has 0 unspecified atom stereocenters. The molecule has 0 aromatic heterocycles. The lowest BCUT2D eigenvalue weighted by Gasteiger charge is -2.25. The van der Waals surface area contributed by atoms with Crippen LogP contribution in [0.1, 0.15) is 10.4 Å². The molecular formula is C54H52BrN3OS5. The summed E-state index contributed by atoms with van der Waals surface area (Å²) in [7, 11) is 0. The molecule has 0 aliphatic heterocycles. The first-order chi connectivity index (χ1) is 31.3. The number of benzene rings is 8. The fourth-order valence-electron chi connectivity index (χ4n) is 6.12. The number of carbonyl (C=O) groups is 1. The van der Waals surface area contributed by atoms with Gasteiger partial charge in [0.15, 0.2) is 0 Å². The van der Waals surface area contributed by atoms with Gasteiger partial charge in [0.25, 0.3) is 0 Å². The molecule has 10 heteroatoms. The van der Waals surface area contributed by atoms with Crippen LogP contribution in [0.4, 0.5) is 39.8 Å². The summed E-state index contributed by atoms with van der Waals surface area (Å²) in [6.07, 6.45) is 11.3. The van der Waals surface area contributed by atoms with Crippen LogP contribution in [-0.4, -0.2) is 37.6 Å². The Morgan fingerprint density at radius 2 is 0.609 bits per heavy atom. The molecule has 0 aliphatic carbocycles. The van der Waals surface area contributed by atoms with E-state index in [-0.39, 0.29) is 0 Å². The van der Waals surface area contributed by atoms with Crippen LogP contribution in [0.15, 0.2) is 235 Å². The molecule has 2 N–H and O–H groups in total. The molecule has 8 rings (SSSR count). The van der Waals surface area contributed by atoms with Crippen molar-refractivity contribution in [3.8, 4) is 0 Å². The minimum Gasteiger partial charge on any atom is -0.399 e. The number of nitrogen functional groups attached to an aromatic ring is 1. The SMILES string of the molecule is CSc1ccc(Br)cc1.CSc1ccc(N(c2ccc(C=O)cc2)c2ccc(SC)cc2)cc1.CSc1ccc(N(c2ccccc2)c2ccc(SC)cc2)cc1.Nc1ccccc1. The topological polar surface area (TPSA) is 49.6 Å². The van der Waals surface area contributed by atoms with Gasteiger partial charge in [-0.25, -0.2) is 0 Å². The van der Waals surface area contributed by atoms with Crippen molar-refractivity contribution in [1.29, 1.82) is 0 Å². The van der Waals surface area contributed by atoms with Gasteiger partial charge in [0.1, 0.15) is 6.29 Å². The van der Waals surface area contributed by atoms with Crippen molar-refractivity contribution in [2.24, 2.45) is 0 Å². The molecule has 4 nitrogen and oxygen atoms in total. The normalized spacial score (nSPS) is 10.2. The summed E-state index contributed by atoms with van der Waals surface area (Å²) < 4.78 is 1.14. The fourth-order valence-corrected chi connectivity index (χ4v) is 8.43. The Morgan fingerprint density at radius 3 is 0.859 bits per heavy atom. The highest BCUT2D eigenvalue weighted by Gasteiger charge is 2.14. The van der Waals surface area contributed by atoms with Crippen LogP contribution < -0.4 is 15.5 Å². The second kappa shape index (κ2) is 27.4. The first kappa shape index (κ1) is 50.1. The molecule has 0 spiro atoms. The summed E-state index contributed by atoms with van der Waals surface area (Å²) in [5.74, 6) is 0. The van der Waals surface area contributed by atoms with E-state index >= 15 is 0 Å². The van der Waals surface area contributed by atoms with Crippen LogP contribution in [0.2, 0.25) is 0 Å². The van der Waals surface area contributed by atoms with Crippen molar-refractivity contribution in [2.75, 3.05) is 46.8 Å². The van der Waals surface area contributed by atoms with Crippen molar-refractivity contribution >= 4 is 121 Å². The average Bonchev–Trinajstić information content (AvgIpc) is 3.36. The van der Waals surface area contributed by atoms with Gasteiger partial charge >= 0.3 is 0 Å². The van der Waals surface area contributed by atoms with Crippen LogP contribution in [0.5, 0.6) is 0 Å². The third-order valence-corrected chi connectivity index (χ3v) is 13.7. The Hall–Kier alpha value is -4.94. The van der Waals surface area contributed by atoms with Crippen molar-refractivity contribution < 1.29 is 4.79 Å². The molecule has 0 aliphatic rings. The molecule has 0 fully saturated rings. The Kier molecular flexibility index (Phi) is 21.4. The summed E-state index contributed by atoms with van der Waals surface area (Å²) in [6.45, 7) is 0. The maximum atomic E-state index is 11.0. The van der Waals surface area contributed by atoms with Crippen molar-refractivity contribution in [2.45, 2.75) is 24.5 Å². The highest BCUT2D eigenvalue weighted by molar-refractivity contribution is 9.10. The smallest absolute Gasteiger partial charge is 0.150 e. The number of hydrogen-bond acceptors (Lipinski definition) is 9. The van der Waals surface area contributed by atoms with E-state index in [9.17, 15) is 4.79 Å². The zero-order chi connectivity index (χ0) is 45.5. The minimum absolute atomic E-state index is 0.680. The van der Waals surface area contributed by atoms with Crippen LogP contribution >= 0.6 is 74.7 Å². The van der Waals surface area contributed by atoms with Crippen LogP contribution in [0, 0.1) is 0 Å². The monoisotopic (exact) mass is 997 g/mol. The summed E-state index contributed by atoms with van der Waals surface area (Å²) in [5, 5.41) is 0. The lowest BCUT2D eigenvalue weighted by atomic mass is 10.1. The molecule has 0 saturated heterocycles. The Balaban J connectivity index is 0.000000180. The van der Waals surface area contributed by atoms with Gasteiger partial charge in [-0.05, 0) is 201 Å². The highest BCUT2D eigenvalue weighted by atomic mass is 79.9. The summed E-state index contributed by atoms with van der Waals surface area (Å²) >= 11 is 12.1. The van der Waals surface area contributed by atoms with E-state index in [4.69, 9.17) is 5.73 Å². The number of thioether (sulfide) groups is 5. The summed E-state index contributed by atoms with van der Waals surface area (Å²) in [5.41, 5.74) is 13.6. The standard InChI is InChI=1S/C21H19NOS2.C20H19NS2.C7H7BrS.C6H7N/c1-24-20-11-7-18(8-12-20)22(17-5-3-16(15-23)4-6-17)19-9-13-21(25-2)14-10-19;1-22-19-12-8-17(9-13-19)21(16-6-4-3-5-7-16)18-10-14-20(23-2)15-11-18;1-9-7-4-2-6(8)3-5-7;7-6-4-2-1-3-5-6/h3-15H,1-2H3;3-15H,1-2H3;2-5H,1H3;1-5H,7H2. The largest absolute Gasteiger partial charge is 0.399 e. The van der Waals surface area contributed by atoms with Crippen LogP contribution in [0.25, 0.3) is 0 Å². The van der Waals surface area contributed by atoms with Crippen molar-refractivity contribution in [3.05, 3.63) is 216 Å². The summed E-state index contributed by atoms with van der Waals surface area (Å²) in [6, 6.07) is 70.4. The minimum atomic E-state index is 0.680. The Morgan fingerprint density at radius 1 is 0.359 bits per heavy atom. The third kappa shape index (κ3) is 15.6. The van der Waals surface area contributed by atoms with E-state index in [1.807, 2.05) is 66.7 Å². The Labute approximate surface area is 410 Å². The van der Waals surface area contributed by atoms with E-state index in [0.717, 1.165) is 33.5 Å². The lowest BCUT2D eigenvalue weighted by Crippen LogP contribution is -2.09. The highest BCUT2D eigenvalue weighted by Crippen LogP contribution is 2.37. The van der Waals surface area contributed by atoms with Gasteiger partial charge in [0.2, 0.25) is 0 Å². The third-order valence-electron chi connectivity index (χ3n) is 9.47. The molecule has 8 aromatic rings. The number of para-hydroxylation sites is 2. The number of carbonyl (C=O) groups excluding carboxylic acids is 1. The van der Waals surface area contributed by atoms with Gasteiger partial charge in [-0.2, -0.15) is 0 Å². The molecule has 326 valence electrons. The van der Waals surface area contributed by atoms with Crippen molar-refractivity contribution in [1.82, 2.24) is 0 Å². The van der Waals surface area contributed by atoms with Gasteiger partial charge in [-0.15, -0.1) is 58.8 Å². The number of halogens is 1. The fraction of sp³-hybridized carbons (Fsp3) is 0.0926. The molecular weight excluding hydrogens is 947 g/mol. The van der Waals surface area contributed by atoms with Crippen LogP contribution in [0.3, 0.4) is 0 Å².